The van der Waals surface area contributed by atoms with Gasteiger partial charge in [0.05, 0.1) is 0 Å². The van der Waals surface area contributed by atoms with Crippen molar-refractivity contribution in [3.05, 3.63) is 11.9 Å². The van der Waals surface area contributed by atoms with E-state index >= 15 is 0 Å². The molecule has 174 valence electrons. The van der Waals surface area contributed by atoms with Crippen LogP contribution in [0.5, 0.6) is 0 Å². The van der Waals surface area contributed by atoms with E-state index in [1.807, 2.05) is 0 Å². The number of rotatable bonds is 7. The summed E-state index contributed by atoms with van der Waals surface area (Å²) in [5.74, 6) is 2.11. The number of hydrogen-bond acceptors (Lipinski definition) is 0. The van der Waals surface area contributed by atoms with Gasteiger partial charge in [0.2, 0.25) is 0 Å². The van der Waals surface area contributed by atoms with Gasteiger partial charge in [-0.15, -0.1) is 0 Å². The van der Waals surface area contributed by atoms with Crippen LogP contribution >= 0.6 is 0 Å². The molecule has 3 saturated carbocycles. The third-order valence-corrected chi connectivity index (χ3v) is 8.64. The molecule has 3 rings (SSSR count). The Labute approximate surface area is 181 Å². The van der Waals surface area contributed by atoms with Crippen LogP contribution in [0.3, 0.4) is 0 Å². The Bertz CT molecular complexity index is 514. The van der Waals surface area contributed by atoms with Gasteiger partial charge in [0.25, 0.3) is 0 Å². The first-order chi connectivity index (χ1) is 14.3. The van der Waals surface area contributed by atoms with Gasteiger partial charge in [0.1, 0.15) is 0 Å². The molecule has 0 N–H and O–H groups in total. The topological polar surface area (TPSA) is 0 Å². The van der Waals surface area contributed by atoms with Gasteiger partial charge in [-0.05, 0) is 80.1 Å². The summed E-state index contributed by atoms with van der Waals surface area (Å²) in [4.78, 5) is 0. The van der Waals surface area contributed by atoms with Crippen molar-refractivity contribution in [1.82, 2.24) is 0 Å². The second-order valence-corrected chi connectivity index (χ2v) is 10.9. The predicted molar refractivity (Wildman–Crippen MR) is 116 cm³/mol. The summed E-state index contributed by atoms with van der Waals surface area (Å²) < 4.78 is 50.3. The Kier molecular flexibility index (Phi) is 9.13. The number of allylic oxidation sites excluding steroid dienone is 2. The maximum atomic E-state index is 13.2. The monoisotopic (exact) mass is 430 g/mol. The van der Waals surface area contributed by atoms with Gasteiger partial charge in [-0.2, -0.15) is 13.2 Å². The molecule has 0 saturated heterocycles. The Morgan fingerprint density at radius 1 is 0.700 bits per heavy atom. The van der Waals surface area contributed by atoms with Crippen LogP contribution in [-0.4, -0.2) is 6.18 Å². The second kappa shape index (κ2) is 11.4. The number of unbranched alkanes of at least 4 members (excludes halogenated alkanes) is 1. The lowest BCUT2D eigenvalue weighted by Gasteiger charge is -2.37. The molecular weight excluding hydrogens is 388 g/mol. The molecule has 0 aliphatic heterocycles. The van der Waals surface area contributed by atoms with Crippen LogP contribution in [0.1, 0.15) is 110 Å². The standard InChI is InChI=1S/C26H42F4/c1-19-6-8-20(9-7-19)4-2-3-5-21-10-14-23(15-11-21)24-16-12-22(13-17-24)18-25(27)26(28,29)30/h18-24H,2-17H2,1H3. The van der Waals surface area contributed by atoms with Gasteiger partial charge in [0, 0.05) is 0 Å². The van der Waals surface area contributed by atoms with Crippen molar-refractivity contribution in [2.75, 3.05) is 0 Å². The molecule has 0 unspecified atom stereocenters. The fourth-order valence-electron chi connectivity index (χ4n) is 6.52. The van der Waals surface area contributed by atoms with Crippen molar-refractivity contribution in [3.8, 4) is 0 Å². The molecule has 0 atom stereocenters. The van der Waals surface area contributed by atoms with E-state index in [4.69, 9.17) is 0 Å². The van der Waals surface area contributed by atoms with Crippen LogP contribution in [0.2, 0.25) is 0 Å². The quantitative estimate of drug-likeness (QED) is 0.279. The maximum Gasteiger partial charge on any atom is 0.442 e. The van der Waals surface area contributed by atoms with E-state index in [-0.39, 0.29) is 5.92 Å². The van der Waals surface area contributed by atoms with Crippen molar-refractivity contribution < 1.29 is 17.6 Å². The van der Waals surface area contributed by atoms with Crippen LogP contribution in [0, 0.1) is 35.5 Å². The maximum absolute atomic E-state index is 13.2. The minimum absolute atomic E-state index is 0.230. The van der Waals surface area contributed by atoms with E-state index in [9.17, 15) is 17.6 Å². The Hall–Kier alpha value is -0.540. The van der Waals surface area contributed by atoms with Gasteiger partial charge in [0.15, 0.2) is 5.83 Å². The van der Waals surface area contributed by atoms with E-state index in [1.165, 1.54) is 77.0 Å². The second-order valence-electron chi connectivity index (χ2n) is 10.9. The van der Waals surface area contributed by atoms with Crippen molar-refractivity contribution in [3.63, 3.8) is 0 Å². The first kappa shape index (κ1) is 24.1. The zero-order valence-electron chi connectivity index (χ0n) is 18.9. The van der Waals surface area contributed by atoms with Gasteiger partial charge in [-0.25, -0.2) is 4.39 Å². The zero-order chi connectivity index (χ0) is 21.6. The first-order valence-corrected chi connectivity index (χ1v) is 12.8. The molecule has 0 aromatic carbocycles. The molecule has 0 aromatic heterocycles. The zero-order valence-corrected chi connectivity index (χ0v) is 18.9. The lowest BCUT2D eigenvalue weighted by Crippen LogP contribution is -2.25. The summed E-state index contributed by atoms with van der Waals surface area (Å²) in [7, 11) is 0. The van der Waals surface area contributed by atoms with Gasteiger partial charge >= 0.3 is 6.18 Å². The van der Waals surface area contributed by atoms with E-state index in [2.05, 4.69) is 6.92 Å². The number of hydrogen-bond donors (Lipinski definition) is 0. The number of halogens is 4. The van der Waals surface area contributed by atoms with Crippen molar-refractivity contribution >= 4 is 0 Å². The molecule has 3 fully saturated rings. The molecule has 0 spiro atoms. The van der Waals surface area contributed by atoms with E-state index < -0.39 is 12.0 Å². The Balaban J connectivity index is 1.27. The third-order valence-electron chi connectivity index (χ3n) is 8.64. The molecule has 0 bridgehead atoms. The minimum Gasteiger partial charge on any atom is -0.202 e. The average molecular weight is 431 g/mol. The third kappa shape index (κ3) is 7.55. The molecule has 4 heteroatoms. The van der Waals surface area contributed by atoms with E-state index in [1.54, 1.807) is 0 Å². The van der Waals surface area contributed by atoms with E-state index in [0.717, 1.165) is 42.6 Å². The molecule has 3 aliphatic rings. The van der Waals surface area contributed by atoms with Crippen molar-refractivity contribution in [1.29, 1.82) is 0 Å². The number of alkyl halides is 3. The van der Waals surface area contributed by atoms with Crippen LogP contribution in [-0.2, 0) is 0 Å². The molecule has 3 aliphatic carbocycles. The van der Waals surface area contributed by atoms with Gasteiger partial charge < -0.3 is 0 Å². The van der Waals surface area contributed by atoms with Gasteiger partial charge in [-0.1, -0.05) is 71.1 Å². The fourth-order valence-corrected chi connectivity index (χ4v) is 6.52. The SMILES string of the molecule is CC1CCC(CCCCC2CCC(C3CCC(C=C(F)C(F)(F)F)CC3)CC2)CC1. The highest BCUT2D eigenvalue weighted by Gasteiger charge is 2.36. The lowest BCUT2D eigenvalue weighted by molar-refractivity contribution is -0.109. The van der Waals surface area contributed by atoms with Crippen LogP contribution < -0.4 is 0 Å². The van der Waals surface area contributed by atoms with Crippen LogP contribution in [0.4, 0.5) is 17.6 Å². The first-order valence-electron chi connectivity index (χ1n) is 12.8. The summed E-state index contributed by atoms with van der Waals surface area (Å²) in [6, 6.07) is 0. The Morgan fingerprint density at radius 3 is 1.60 bits per heavy atom. The normalized spacial score (nSPS) is 36.6. The minimum atomic E-state index is -4.82. The van der Waals surface area contributed by atoms with Crippen LogP contribution in [0.25, 0.3) is 0 Å². The van der Waals surface area contributed by atoms with Crippen LogP contribution in [0.15, 0.2) is 11.9 Å². The molecule has 0 nitrogen and oxygen atoms in total. The van der Waals surface area contributed by atoms with Gasteiger partial charge in [-0.3, -0.25) is 0 Å². The summed E-state index contributed by atoms with van der Waals surface area (Å²) >= 11 is 0. The molecule has 0 aromatic rings. The predicted octanol–water partition coefficient (Wildman–Crippen LogP) is 9.40. The van der Waals surface area contributed by atoms with E-state index in [0.29, 0.717) is 18.8 Å². The molecule has 0 heterocycles. The molecule has 30 heavy (non-hydrogen) atoms. The summed E-state index contributed by atoms with van der Waals surface area (Å²) in [5, 5.41) is 0. The summed E-state index contributed by atoms with van der Waals surface area (Å²) in [6.07, 6.45) is 16.1. The molecular formula is C26H42F4. The highest BCUT2D eigenvalue weighted by Crippen LogP contribution is 2.43. The lowest BCUT2D eigenvalue weighted by atomic mass is 9.68. The summed E-state index contributed by atoms with van der Waals surface area (Å²) in [5.41, 5.74) is 0. The molecule has 0 radical (unpaired) electrons. The van der Waals surface area contributed by atoms with Crippen molar-refractivity contribution in [2.24, 2.45) is 35.5 Å². The smallest absolute Gasteiger partial charge is 0.202 e. The fraction of sp³-hybridized carbons (Fsp3) is 0.923. The average Bonchev–Trinajstić information content (AvgIpc) is 2.73. The Morgan fingerprint density at radius 2 is 1.13 bits per heavy atom. The summed E-state index contributed by atoms with van der Waals surface area (Å²) in [6.45, 7) is 2.39. The highest BCUT2D eigenvalue weighted by atomic mass is 19.4. The highest BCUT2D eigenvalue weighted by molar-refractivity contribution is 5.03. The largest absolute Gasteiger partial charge is 0.442 e. The molecule has 0 amide bonds. The van der Waals surface area contributed by atoms with Crippen molar-refractivity contribution in [2.45, 2.75) is 116 Å².